The van der Waals surface area contributed by atoms with Crippen LogP contribution in [0.4, 0.5) is 8.78 Å². The predicted octanol–water partition coefficient (Wildman–Crippen LogP) is 2.91. The van der Waals surface area contributed by atoms with Crippen LogP contribution in [0, 0.1) is 18.6 Å². The Morgan fingerprint density at radius 3 is 2.67 bits per heavy atom. The third-order valence-electron chi connectivity index (χ3n) is 2.82. The van der Waals surface area contributed by atoms with Crippen LogP contribution in [0.2, 0.25) is 0 Å². The molecule has 2 rings (SSSR count). The topological polar surface area (TPSA) is 59.1 Å². The van der Waals surface area contributed by atoms with E-state index in [1.165, 1.54) is 6.20 Å². The molecule has 8 heteroatoms. The number of sulfonamides is 1. The number of hydrogen-bond acceptors (Lipinski definition) is 3. The standard InChI is InChI=1S/C13H11BrF2N2O2S/c1-8-6-17-3-2-9(8)7-18-21(19,20)13-11(14)4-10(15)5-12(13)16/h2-6,18H,7H2,1H3. The molecule has 0 saturated carbocycles. The van der Waals surface area contributed by atoms with Crippen LogP contribution < -0.4 is 4.72 Å². The Balaban J connectivity index is 2.30. The first-order chi connectivity index (χ1) is 9.81. The summed E-state index contributed by atoms with van der Waals surface area (Å²) < 4.78 is 53.1. The summed E-state index contributed by atoms with van der Waals surface area (Å²) in [6, 6.07) is 3.08. The highest BCUT2D eigenvalue weighted by atomic mass is 79.9. The van der Waals surface area contributed by atoms with Gasteiger partial charge in [-0.15, -0.1) is 0 Å². The summed E-state index contributed by atoms with van der Waals surface area (Å²) in [4.78, 5) is 3.28. The van der Waals surface area contributed by atoms with Crippen molar-refractivity contribution in [3.8, 4) is 0 Å². The van der Waals surface area contributed by atoms with Crippen LogP contribution in [-0.2, 0) is 16.6 Å². The van der Waals surface area contributed by atoms with E-state index in [1.54, 1.807) is 19.2 Å². The number of rotatable bonds is 4. The molecule has 1 aromatic heterocycles. The van der Waals surface area contributed by atoms with Gasteiger partial charge in [-0.3, -0.25) is 4.98 Å². The van der Waals surface area contributed by atoms with Crippen molar-refractivity contribution in [2.75, 3.05) is 0 Å². The minimum Gasteiger partial charge on any atom is -0.264 e. The van der Waals surface area contributed by atoms with Crippen LogP contribution in [0.3, 0.4) is 0 Å². The van der Waals surface area contributed by atoms with Crippen LogP contribution in [0.1, 0.15) is 11.1 Å². The van der Waals surface area contributed by atoms with Gasteiger partial charge < -0.3 is 0 Å². The lowest BCUT2D eigenvalue weighted by molar-refractivity contribution is 0.540. The molecule has 1 aromatic carbocycles. The van der Waals surface area contributed by atoms with Crippen LogP contribution in [0.5, 0.6) is 0 Å². The van der Waals surface area contributed by atoms with Gasteiger partial charge in [0, 0.05) is 29.5 Å². The van der Waals surface area contributed by atoms with Crippen molar-refractivity contribution in [1.29, 1.82) is 0 Å². The SMILES string of the molecule is Cc1cnccc1CNS(=O)(=O)c1c(F)cc(F)cc1Br. The zero-order valence-electron chi connectivity index (χ0n) is 10.9. The van der Waals surface area contributed by atoms with Crippen LogP contribution in [-0.4, -0.2) is 13.4 Å². The van der Waals surface area contributed by atoms with Gasteiger partial charge in [0.1, 0.15) is 16.5 Å². The number of nitrogens with zero attached hydrogens (tertiary/aromatic N) is 1. The second-order valence-corrected chi connectivity index (χ2v) is 6.88. The molecule has 0 spiro atoms. The fraction of sp³-hybridized carbons (Fsp3) is 0.154. The lowest BCUT2D eigenvalue weighted by Crippen LogP contribution is -2.25. The maximum Gasteiger partial charge on any atom is 0.244 e. The van der Waals surface area contributed by atoms with Crippen molar-refractivity contribution in [2.45, 2.75) is 18.4 Å². The molecule has 0 fully saturated rings. The first kappa shape index (κ1) is 16.0. The van der Waals surface area contributed by atoms with E-state index in [0.717, 1.165) is 11.6 Å². The summed E-state index contributed by atoms with van der Waals surface area (Å²) in [6.07, 6.45) is 3.13. The number of nitrogens with one attached hydrogen (secondary N) is 1. The Morgan fingerprint density at radius 1 is 1.33 bits per heavy atom. The summed E-state index contributed by atoms with van der Waals surface area (Å²) in [7, 11) is -4.11. The van der Waals surface area contributed by atoms with Crippen molar-refractivity contribution >= 4 is 26.0 Å². The third-order valence-corrected chi connectivity index (χ3v) is 5.19. The van der Waals surface area contributed by atoms with E-state index in [1.807, 2.05) is 0 Å². The number of halogens is 3. The fourth-order valence-electron chi connectivity index (χ4n) is 1.73. The zero-order valence-corrected chi connectivity index (χ0v) is 13.3. The lowest BCUT2D eigenvalue weighted by Gasteiger charge is -2.11. The molecule has 0 aliphatic heterocycles. The van der Waals surface area contributed by atoms with Gasteiger partial charge in [-0.1, -0.05) is 0 Å². The number of pyridine rings is 1. The van der Waals surface area contributed by atoms with E-state index in [2.05, 4.69) is 25.6 Å². The highest BCUT2D eigenvalue weighted by Gasteiger charge is 2.23. The monoisotopic (exact) mass is 376 g/mol. The van der Waals surface area contributed by atoms with E-state index in [0.29, 0.717) is 11.6 Å². The van der Waals surface area contributed by atoms with Gasteiger partial charge in [-0.25, -0.2) is 21.9 Å². The Labute approximate surface area is 129 Å². The number of aromatic nitrogens is 1. The molecule has 0 aliphatic rings. The molecule has 0 saturated heterocycles. The molecular weight excluding hydrogens is 366 g/mol. The van der Waals surface area contributed by atoms with Crippen molar-refractivity contribution in [2.24, 2.45) is 0 Å². The molecule has 4 nitrogen and oxygen atoms in total. The molecule has 0 amide bonds. The molecule has 1 heterocycles. The van der Waals surface area contributed by atoms with Crippen molar-refractivity contribution in [3.63, 3.8) is 0 Å². The van der Waals surface area contributed by atoms with Gasteiger partial charge >= 0.3 is 0 Å². The van der Waals surface area contributed by atoms with E-state index in [4.69, 9.17) is 0 Å². The summed E-state index contributed by atoms with van der Waals surface area (Å²) in [5.41, 5.74) is 1.52. The summed E-state index contributed by atoms with van der Waals surface area (Å²) in [5, 5.41) is 0. The third kappa shape index (κ3) is 3.63. The maximum absolute atomic E-state index is 13.7. The molecule has 0 bridgehead atoms. The number of hydrogen-bond donors (Lipinski definition) is 1. The molecule has 2 aromatic rings. The molecule has 21 heavy (non-hydrogen) atoms. The maximum atomic E-state index is 13.7. The highest BCUT2D eigenvalue weighted by molar-refractivity contribution is 9.10. The molecule has 0 atom stereocenters. The Bertz CT molecular complexity index is 758. The van der Waals surface area contributed by atoms with Crippen molar-refractivity contribution < 1.29 is 17.2 Å². The van der Waals surface area contributed by atoms with Gasteiger partial charge in [0.05, 0.1) is 0 Å². The molecule has 0 radical (unpaired) electrons. The quantitative estimate of drug-likeness (QED) is 0.892. The molecular formula is C13H11BrF2N2O2S. The van der Waals surface area contributed by atoms with Gasteiger partial charge in [-0.2, -0.15) is 0 Å². The summed E-state index contributed by atoms with van der Waals surface area (Å²) in [5.74, 6) is -2.01. The average Bonchev–Trinajstić information content (AvgIpc) is 2.36. The van der Waals surface area contributed by atoms with Crippen LogP contribution in [0.25, 0.3) is 0 Å². The summed E-state index contributed by atoms with van der Waals surface area (Å²) >= 11 is 2.87. The highest BCUT2D eigenvalue weighted by Crippen LogP contribution is 2.26. The first-order valence-electron chi connectivity index (χ1n) is 5.85. The van der Waals surface area contributed by atoms with E-state index in [-0.39, 0.29) is 11.0 Å². The molecule has 112 valence electrons. The van der Waals surface area contributed by atoms with E-state index in [9.17, 15) is 17.2 Å². The number of aryl methyl sites for hydroxylation is 1. The van der Waals surface area contributed by atoms with Gasteiger partial charge in [0.25, 0.3) is 0 Å². The van der Waals surface area contributed by atoms with Gasteiger partial charge in [0.2, 0.25) is 10.0 Å². The van der Waals surface area contributed by atoms with Crippen molar-refractivity contribution in [3.05, 3.63) is 57.8 Å². The minimum absolute atomic E-state index is 0.0139. The Kier molecular flexibility index (Phi) is 4.70. The molecule has 1 N–H and O–H groups in total. The van der Waals surface area contributed by atoms with Crippen LogP contribution in [0.15, 0.2) is 40.0 Å². The largest absolute Gasteiger partial charge is 0.264 e. The minimum atomic E-state index is -4.11. The summed E-state index contributed by atoms with van der Waals surface area (Å²) in [6.45, 7) is 1.77. The average molecular weight is 377 g/mol. The van der Waals surface area contributed by atoms with Crippen molar-refractivity contribution in [1.82, 2.24) is 9.71 Å². The molecule has 0 aliphatic carbocycles. The fourth-order valence-corrected chi connectivity index (χ4v) is 3.90. The van der Waals surface area contributed by atoms with Crippen LogP contribution >= 0.6 is 15.9 Å². The second-order valence-electron chi connectivity index (χ2n) is 4.33. The second kappa shape index (κ2) is 6.17. The Morgan fingerprint density at radius 2 is 2.05 bits per heavy atom. The van der Waals surface area contributed by atoms with E-state index < -0.39 is 26.6 Å². The Hall–Kier alpha value is -1.38. The lowest BCUT2D eigenvalue weighted by atomic mass is 10.2. The zero-order chi connectivity index (χ0) is 15.6. The normalized spacial score (nSPS) is 11.6. The van der Waals surface area contributed by atoms with Gasteiger partial charge in [0.15, 0.2) is 0 Å². The predicted molar refractivity (Wildman–Crippen MR) is 77.1 cm³/mol. The smallest absolute Gasteiger partial charge is 0.244 e. The van der Waals surface area contributed by atoms with E-state index >= 15 is 0 Å². The number of benzene rings is 1. The molecule has 0 unspecified atom stereocenters. The van der Waals surface area contributed by atoms with Gasteiger partial charge in [-0.05, 0) is 46.1 Å². The first-order valence-corrected chi connectivity index (χ1v) is 8.12.